The fourth-order valence-corrected chi connectivity index (χ4v) is 4.80. The standard InChI is InChI=1S/C20H15N4.C10H10N2.Ir/c1-12-6-5-7-13(2)19(12)24-11-23-18-17-16(21-10-22-17)14-8-3-4-9-15(14)20(18)24;1-11-7-8-12(9-11)10-5-3-2-4-6-10;/h3-11H,1-2H3;2-5,7-9H,1H3;/q-1;-2;+3. The number of anilines is 1. The maximum absolute atomic E-state index is 4.69. The third-order valence-electron chi connectivity index (χ3n) is 6.45. The third kappa shape index (κ3) is 4.41. The van der Waals surface area contributed by atoms with Gasteiger partial charge in [-0.2, -0.15) is 37.0 Å². The van der Waals surface area contributed by atoms with Gasteiger partial charge in [0, 0.05) is 5.39 Å². The predicted octanol–water partition coefficient (Wildman–Crippen LogP) is 6.13. The Morgan fingerprint density at radius 3 is 2.30 bits per heavy atom. The van der Waals surface area contributed by atoms with Crippen LogP contribution in [0.25, 0.3) is 38.5 Å². The van der Waals surface area contributed by atoms with Crippen molar-refractivity contribution in [2.45, 2.75) is 13.8 Å². The van der Waals surface area contributed by atoms with Gasteiger partial charge in [0.1, 0.15) is 6.33 Å². The van der Waals surface area contributed by atoms with Crippen molar-refractivity contribution in [1.29, 1.82) is 0 Å². The zero-order valence-electron chi connectivity index (χ0n) is 20.8. The van der Waals surface area contributed by atoms with Crippen LogP contribution in [0.15, 0.2) is 91.8 Å². The third-order valence-corrected chi connectivity index (χ3v) is 6.45. The van der Waals surface area contributed by atoms with E-state index in [2.05, 4.69) is 75.8 Å². The first-order valence-corrected chi connectivity index (χ1v) is 11.8. The van der Waals surface area contributed by atoms with Crippen LogP contribution in [0.3, 0.4) is 0 Å². The van der Waals surface area contributed by atoms with Crippen molar-refractivity contribution in [1.82, 2.24) is 24.4 Å². The van der Waals surface area contributed by atoms with Crippen molar-refractivity contribution in [2.24, 2.45) is 0 Å². The first-order chi connectivity index (χ1) is 17.6. The predicted molar refractivity (Wildman–Crippen MR) is 146 cm³/mol. The molecule has 37 heavy (non-hydrogen) atoms. The molecule has 7 rings (SSSR count). The summed E-state index contributed by atoms with van der Waals surface area (Å²) >= 11 is 0. The van der Waals surface area contributed by atoms with E-state index >= 15 is 0 Å². The second-order valence-corrected chi connectivity index (χ2v) is 8.90. The van der Waals surface area contributed by atoms with Crippen LogP contribution in [0.1, 0.15) is 11.1 Å². The molecule has 3 heterocycles. The minimum atomic E-state index is 0. The summed E-state index contributed by atoms with van der Waals surface area (Å²) in [7, 11) is 2.00. The quantitative estimate of drug-likeness (QED) is 0.209. The first-order valence-electron chi connectivity index (χ1n) is 11.8. The summed E-state index contributed by atoms with van der Waals surface area (Å²) in [4.78, 5) is 17.6. The van der Waals surface area contributed by atoms with Crippen molar-refractivity contribution in [2.75, 3.05) is 11.9 Å². The molecule has 6 nitrogen and oxygen atoms in total. The van der Waals surface area contributed by atoms with Gasteiger partial charge in [-0.15, -0.1) is 5.69 Å². The number of benzene rings is 4. The topological polar surface area (TPSA) is 51.3 Å². The largest absolute Gasteiger partial charge is 3.00 e. The number of aryl methyl sites for hydroxylation is 2. The number of fused-ring (bicyclic) bond motifs is 6. The molecule has 0 N–H and O–H groups in total. The van der Waals surface area contributed by atoms with Crippen molar-refractivity contribution in [3.05, 3.63) is 116 Å². The minimum absolute atomic E-state index is 0. The summed E-state index contributed by atoms with van der Waals surface area (Å²) in [5.74, 6) is 0. The number of aromatic nitrogens is 4. The summed E-state index contributed by atoms with van der Waals surface area (Å²) in [6.45, 7) is 6.28. The van der Waals surface area contributed by atoms with Crippen molar-refractivity contribution >= 4 is 38.5 Å². The minimum Gasteiger partial charge on any atom is -0.510 e. The Balaban J connectivity index is 0.000000183. The zero-order chi connectivity index (χ0) is 24.6. The number of rotatable bonds is 2. The van der Waals surface area contributed by atoms with E-state index in [-0.39, 0.29) is 20.1 Å². The van der Waals surface area contributed by atoms with E-state index in [1.165, 1.54) is 16.8 Å². The van der Waals surface area contributed by atoms with Crippen molar-refractivity contribution in [3.8, 4) is 5.69 Å². The Hall–Kier alpha value is -3.93. The molecule has 4 aromatic carbocycles. The van der Waals surface area contributed by atoms with Crippen LogP contribution in [0.5, 0.6) is 0 Å². The molecule has 0 atom stereocenters. The molecule has 0 fully saturated rings. The molecule has 0 radical (unpaired) electrons. The SMILES string of the molecule is CN1C=CN(c2[c-]cccc2)[CH-]1.Cc1cccc(C)c1-n1cnc2c3[n-]cnc3c3ccccc3c21.[Ir+3]. The number of hydrogen-bond donors (Lipinski definition) is 0. The Bertz CT molecular complexity index is 1700. The number of imidazole rings is 2. The van der Waals surface area contributed by atoms with E-state index in [0.29, 0.717) is 0 Å². The smallest absolute Gasteiger partial charge is 0.510 e. The van der Waals surface area contributed by atoms with E-state index in [1.54, 1.807) is 6.33 Å². The number of para-hydroxylation sites is 2. The Kier molecular flexibility index (Phi) is 6.83. The second kappa shape index (κ2) is 10.2. The van der Waals surface area contributed by atoms with Gasteiger partial charge in [-0.25, -0.2) is 4.98 Å². The molecule has 0 spiro atoms. The average Bonchev–Trinajstić information content (AvgIpc) is 3.65. The normalized spacial score (nSPS) is 12.7. The Labute approximate surface area is 229 Å². The molecular weight excluding hydrogens is 637 g/mol. The zero-order valence-corrected chi connectivity index (χ0v) is 23.1. The van der Waals surface area contributed by atoms with E-state index in [9.17, 15) is 0 Å². The van der Waals surface area contributed by atoms with Gasteiger partial charge in [0.05, 0.1) is 16.7 Å². The summed E-state index contributed by atoms with van der Waals surface area (Å²) in [6.07, 6.45) is 7.53. The number of hydrogen-bond acceptors (Lipinski definition) is 4. The Morgan fingerprint density at radius 1 is 0.838 bits per heavy atom. The summed E-state index contributed by atoms with van der Waals surface area (Å²) < 4.78 is 2.19. The molecule has 1 aliphatic heterocycles. The van der Waals surface area contributed by atoms with Crippen LogP contribution in [-0.2, 0) is 20.1 Å². The molecule has 0 saturated heterocycles. The molecular formula is C30H25IrN6. The van der Waals surface area contributed by atoms with Crippen molar-refractivity contribution < 1.29 is 20.1 Å². The van der Waals surface area contributed by atoms with Crippen LogP contribution >= 0.6 is 0 Å². The van der Waals surface area contributed by atoms with E-state index in [0.717, 1.165) is 38.5 Å². The van der Waals surface area contributed by atoms with E-state index in [1.807, 2.05) is 72.6 Å². The van der Waals surface area contributed by atoms with Crippen LogP contribution in [0.4, 0.5) is 5.69 Å². The monoisotopic (exact) mass is 662 g/mol. The maximum Gasteiger partial charge on any atom is 3.00 e. The number of nitrogens with zero attached hydrogens (tertiary/aromatic N) is 6. The van der Waals surface area contributed by atoms with Gasteiger partial charge in [0.25, 0.3) is 0 Å². The molecule has 0 amide bonds. The fraction of sp³-hybridized carbons (Fsp3) is 0.100. The molecule has 7 heteroatoms. The molecule has 0 bridgehead atoms. The van der Waals surface area contributed by atoms with Gasteiger partial charge in [0.2, 0.25) is 0 Å². The van der Waals surface area contributed by atoms with Gasteiger partial charge in [0.15, 0.2) is 0 Å². The van der Waals surface area contributed by atoms with Crippen molar-refractivity contribution in [3.63, 3.8) is 0 Å². The molecule has 0 saturated carbocycles. The summed E-state index contributed by atoms with van der Waals surface area (Å²) in [5, 5.41) is 2.27. The van der Waals surface area contributed by atoms with Crippen LogP contribution < -0.4 is 9.88 Å². The fourth-order valence-electron chi connectivity index (χ4n) is 4.80. The molecule has 1 aliphatic rings. The van der Waals surface area contributed by atoms with Crippen LogP contribution in [0, 0.1) is 26.6 Å². The molecule has 2 aromatic heterocycles. The van der Waals surface area contributed by atoms with Crippen LogP contribution in [0.2, 0.25) is 0 Å². The molecule has 0 aliphatic carbocycles. The maximum atomic E-state index is 4.69. The summed E-state index contributed by atoms with van der Waals surface area (Å²) in [6, 6.07) is 25.8. The van der Waals surface area contributed by atoms with Gasteiger partial charge in [-0.3, -0.25) is 4.57 Å². The van der Waals surface area contributed by atoms with Gasteiger partial charge >= 0.3 is 20.1 Å². The van der Waals surface area contributed by atoms with Gasteiger partial charge < -0.3 is 19.8 Å². The van der Waals surface area contributed by atoms with Crippen LogP contribution in [-0.4, -0.2) is 26.5 Å². The Morgan fingerprint density at radius 2 is 1.59 bits per heavy atom. The molecule has 0 unspecified atom stereocenters. The van der Waals surface area contributed by atoms with Gasteiger partial charge in [-0.05, 0) is 60.8 Å². The summed E-state index contributed by atoms with van der Waals surface area (Å²) in [5.41, 5.74) is 8.50. The average molecular weight is 662 g/mol. The van der Waals surface area contributed by atoms with E-state index < -0.39 is 0 Å². The van der Waals surface area contributed by atoms with Gasteiger partial charge in [-0.1, -0.05) is 48.8 Å². The second-order valence-electron chi connectivity index (χ2n) is 8.90. The molecule has 6 aromatic rings. The first kappa shape index (κ1) is 24.8. The molecule has 184 valence electrons. The van der Waals surface area contributed by atoms with E-state index in [4.69, 9.17) is 0 Å².